The van der Waals surface area contributed by atoms with Gasteiger partial charge in [0, 0.05) is 43.3 Å². The van der Waals surface area contributed by atoms with Gasteiger partial charge in [0.1, 0.15) is 5.75 Å². The third kappa shape index (κ3) is 3.15. The van der Waals surface area contributed by atoms with Crippen LogP contribution in [-0.4, -0.2) is 47.8 Å². The molecule has 0 aliphatic carbocycles. The summed E-state index contributed by atoms with van der Waals surface area (Å²) in [5, 5.41) is 10.5. The molecular formula is C19H28N2O3. The Bertz CT molecular complexity index is 636. The van der Waals surface area contributed by atoms with Crippen molar-refractivity contribution in [2.24, 2.45) is 0 Å². The first-order valence-corrected chi connectivity index (χ1v) is 8.76. The topological polar surface area (TPSA) is 53.0 Å². The van der Waals surface area contributed by atoms with Crippen molar-refractivity contribution >= 4 is 11.6 Å². The van der Waals surface area contributed by atoms with E-state index in [-0.39, 0.29) is 11.4 Å². The number of phenols is 1. The van der Waals surface area contributed by atoms with E-state index in [0.29, 0.717) is 18.2 Å². The zero-order chi connectivity index (χ0) is 17.5. The van der Waals surface area contributed by atoms with Gasteiger partial charge in [0.2, 0.25) is 5.91 Å². The molecule has 0 spiro atoms. The minimum atomic E-state index is -0.217. The number of carbonyl (C=O) groups is 1. The number of carbonyl (C=O) groups excluding carboxylic acids is 1. The average molecular weight is 332 g/mol. The zero-order valence-corrected chi connectivity index (χ0v) is 15.1. The van der Waals surface area contributed by atoms with Crippen molar-refractivity contribution in [1.82, 2.24) is 4.90 Å². The van der Waals surface area contributed by atoms with Crippen LogP contribution in [0.3, 0.4) is 0 Å². The molecule has 132 valence electrons. The van der Waals surface area contributed by atoms with Crippen molar-refractivity contribution in [3.63, 3.8) is 0 Å². The Labute approximate surface area is 144 Å². The van der Waals surface area contributed by atoms with Gasteiger partial charge in [0.25, 0.3) is 0 Å². The second kappa shape index (κ2) is 6.37. The number of benzene rings is 1. The second-order valence-corrected chi connectivity index (χ2v) is 7.70. The molecule has 3 rings (SSSR count). The summed E-state index contributed by atoms with van der Waals surface area (Å²) >= 11 is 0. The van der Waals surface area contributed by atoms with Gasteiger partial charge >= 0.3 is 0 Å². The summed E-state index contributed by atoms with van der Waals surface area (Å²) in [5.74, 6) is 0.695. The summed E-state index contributed by atoms with van der Waals surface area (Å²) < 4.78 is 5.39. The first-order chi connectivity index (χ1) is 11.3. The van der Waals surface area contributed by atoms with Crippen molar-refractivity contribution in [2.75, 3.05) is 31.2 Å². The molecule has 1 aromatic carbocycles. The molecule has 2 aliphatic rings. The molecule has 1 N–H and O–H groups in total. The number of ether oxygens (including phenoxy) is 1. The van der Waals surface area contributed by atoms with Gasteiger partial charge in [-0.2, -0.15) is 0 Å². The van der Waals surface area contributed by atoms with Crippen LogP contribution in [0.4, 0.5) is 5.69 Å². The zero-order valence-electron chi connectivity index (χ0n) is 15.1. The van der Waals surface area contributed by atoms with Crippen LogP contribution in [0.2, 0.25) is 0 Å². The summed E-state index contributed by atoms with van der Waals surface area (Å²) in [6, 6.07) is 3.87. The number of aromatic hydroxyl groups is 1. The largest absolute Gasteiger partial charge is 0.508 e. The maximum Gasteiger partial charge on any atom is 0.224 e. The highest BCUT2D eigenvalue weighted by Gasteiger charge is 2.39. The lowest BCUT2D eigenvalue weighted by Crippen LogP contribution is -2.50. The number of fused-ring (bicyclic) bond motifs is 1. The predicted octanol–water partition coefficient (Wildman–Crippen LogP) is 2.86. The summed E-state index contributed by atoms with van der Waals surface area (Å²) in [6.45, 7) is 11.9. The molecule has 1 aromatic rings. The Morgan fingerprint density at radius 3 is 2.62 bits per heavy atom. The Hall–Kier alpha value is -1.59. The van der Waals surface area contributed by atoms with Gasteiger partial charge in [0.15, 0.2) is 0 Å². The van der Waals surface area contributed by atoms with E-state index in [1.807, 2.05) is 17.0 Å². The van der Waals surface area contributed by atoms with E-state index in [1.54, 1.807) is 6.92 Å². The van der Waals surface area contributed by atoms with Crippen molar-refractivity contribution in [3.05, 3.63) is 23.3 Å². The molecule has 2 aliphatic heterocycles. The third-order valence-electron chi connectivity index (χ3n) is 5.22. The molecule has 0 aromatic heterocycles. The van der Waals surface area contributed by atoms with Crippen LogP contribution in [0.1, 0.15) is 51.2 Å². The summed E-state index contributed by atoms with van der Waals surface area (Å²) in [6.07, 6.45) is 0.891. The lowest BCUT2D eigenvalue weighted by molar-refractivity contribution is -0.117. The van der Waals surface area contributed by atoms with Crippen molar-refractivity contribution in [2.45, 2.75) is 52.1 Å². The summed E-state index contributed by atoms with van der Waals surface area (Å²) in [4.78, 5) is 16.5. The van der Waals surface area contributed by atoms with E-state index in [2.05, 4.69) is 25.7 Å². The predicted molar refractivity (Wildman–Crippen MR) is 94.5 cm³/mol. The normalized spacial score (nSPS) is 23.8. The molecular weight excluding hydrogens is 304 g/mol. The molecule has 1 saturated heterocycles. The van der Waals surface area contributed by atoms with Crippen LogP contribution >= 0.6 is 0 Å². The van der Waals surface area contributed by atoms with Crippen LogP contribution in [0.15, 0.2) is 12.1 Å². The van der Waals surface area contributed by atoms with Gasteiger partial charge in [-0.25, -0.2) is 0 Å². The van der Waals surface area contributed by atoms with E-state index >= 15 is 0 Å². The van der Waals surface area contributed by atoms with Crippen LogP contribution in [0.5, 0.6) is 5.75 Å². The van der Waals surface area contributed by atoms with Gasteiger partial charge in [-0.05, 0) is 43.9 Å². The molecule has 0 bridgehead atoms. The number of nitrogens with zero attached hydrogens (tertiary/aromatic N) is 2. The molecule has 24 heavy (non-hydrogen) atoms. The van der Waals surface area contributed by atoms with E-state index in [4.69, 9.17) is 4.74 Å². The van der Waals surface area contributed by atoms with E-state index in [9.17, 15) is 9.90 Å². The quantitative estimate of drug-likeness (QED) is 0.905. The van der Waals surface area contributed by atoms with Crippen LogP contribution in [-0.2, 0) is 16.1 Å². The van der Waals surface area contributed by atoms with E-state index in [0.717, 1.165) is 49.5 Å². The first-order valence-electron chi connectivity index (χ1n) is 8.76. The lowest BCUT2D eigenvalue weighted by atomic mass is 9.79. The fraction of sp³-hybridized carbons (Fsp3) is 0.632. The van der Waals surface area contributed by atoms with Gasteiger partial charge in [-0.3, -0.25) is 9.69 Å². The minimum Gasteiger partial charge on any atom is -0.508 e. The van der Waals surface area contributed by atoms with Gasteiger partial charge < -0.3 is 14.7 Å². The lowest BCUT2D eigenvalue weighted by Gasteiger charge is -2.46. The van der Waals surface area contributed by atoms with Crippen molar-refractivity contribution in [3.8, 4) is 5.75 Å². The number of hydrogen-bond acceptors (Lipinski definition) is 4. The number of anilines is 1. The fourth-order valence-corrected chi connectivity index (χ4v) is 4.22. The van der Waals surface area contributed by atoms with Gasteiger partial charge in [-0.15, -0.1) is 0 Å². The third-order valence-corrected chi connectivity index (χ3v) is 5.22. The molecule has 2 heterocycles. The molecule has 0 saturated carbocycles. The number of rotatable bonds is 2. The smallest absolute Gasteiger partial charge is 0.224 e. The van der Waals surface area contributed by atoms with E-state index < -0.39 is 0 Å². The highest BCUT2D eigenvalue weighted by atomic mass is 16.5. The second-order valence-electron chi connectivity index (χ2n) is 7.70. The van der Waals surface area contributed by atoms with Gasteiger partial charge in [-0.1, -0.05) is 6.92 Å². The molecule has 5 nitrogen and oxygen atoms in total. The summed E-state index contributed by atoms with van der Waals surface area (Å²) in [5.41, 5.74) is 2.68. The molecule has 0 unspecified atom stereocenters. The Morgan fingerprint density at radius 1 is 1.33 bits per heavy atom. The van der Waals surface area contributed by atoms with E-state index in [1.165, 1.54) is 0 Å². The number of amides is 1. The SMILES string of the molecule is CC(=O)N1c2cc(CN3CCOCC3)c(O)cc2[C@@H](C)CC1(C)C. The molecule has 1 atom stereocenters. The van der Waals surface area contributed by atoms with Crippen molar-refractivity contribution < 1.29 is 14.6 Å². The average Bonchev–Trinajstić information content (AvgIpc) is 2.49. The Morgan fingerprint density at radius 2 is 2.00 bits per heavy atom. The number of phenolic OH excluding ortho intramolecular Hbond substituents is 1. The molecule has 5 heteroatoms. The van der Waals surface area contributed by atoms with Gasteiger partial charge in [0.05, 0.1) is 13.2 Å². The number of morpholine rings is 1. The summed E-state index contributed by atoms with van der Waals surface area (Å²) in [7, 11) is 0. The van der Waals surface area contributed by atoms with Crippen LogP contribution in [0.25, 0.3) is 0 Å². The Balaban J connectivity index is 1.99. The highest BCUT2D eigenvalue weighted by molar-refractivity contribution is 5.95. The molecule has 1 fully saturated rings. The van der Waals surface area contributed by atoms with Crippen LogP contribution < -0.4 is 4.90 Å². The molecule has 1 amide bonds. The fourth-order valence-electron chi connectivity index (χ4n) is 4.22. The minimum absolute atomic E-state index is 0.0520. The standard InChI is InChI=1S/C19H28N2O3/c1-13-11-19(3,4)21(14(2)22)17-9-15(18(23)10-16(13)17)12-20-5-7-24-8-6-20/h9-10,13,23H,5-8,11-12H2,1-4H3/t13-/m0/s1. The maximum atomic E-state index is 12.3. The Kier molecular flexibility index (Phi) is 4.58. The first kappa shape index (κ1) is 17.2. The van der Waals surface area contributed by atoms with Crippen LogP contribution in [0, 0.1) is 0 Å². The number of hydrogen-bond donors (Lipinski definition) is 1. The maximum absolute atomic E-state index is 12.3. The van der Waals surface area contributed by atoms with Crippen molar-refractivity contribution in [1.29, 1.82) is 0 Å². The highest BCUT2D eigenvalue weighted by Crippen LogP contribution is 2.45. The monoisotopic (exact) mass is 332 g/mol. The molecule has 0 radical (unpaired) electrons.